The lowest BCUT2D eigenvalue weighted by molar-refractivity contribution is -0.126. The van der Waals surface area contributed by atoms with Gasteiger partial charge in [0.15, 0.2) is 21.3 Å². The molecule has 1 aromatic carbocycles. The van der Waals surface area contributed by atoms with E-state index in [9.17, 15) is 18.0 Å². The molecule has 5 heterocycles. The van der Waals surface area contributed by atoms with E-state index in [0.29, 0.717) is 18.8 Å². The highest BCUT2D eigenvalue weighted by molar-refractivity contribution is 7.91. The van der Waals surface area contributed by atoms with Crippen LogP contribution in [0.25, 0.3) is 28.0 Å². The minimum Gasteiger partial charge on any atom is -0.383 e. The summed E-state index contributed by atoms with van der Waals surface area (Å²) in [5, 5.41) is 3.04. The van der Waals surface area contributed by atoms with Crippen LogP contribution in [0, 0.1) is 11.6 Å². The average molecular weight is 622 g/mol. The van der Waals surface area contributed by atoms with Crippen molar-refractivity contribution in [2.45, 2.75) is 24.7 Å². The van der Waals surface area contributed by atoms with Crippen molar-refractivity contribution in [1.82, 2.24) is 24.4 Å². The summed E-state index contributed by atoms with van der Waals surface area (Å²) in [6.45, 7) is 8.16. The third-order valence-electron chi connectivity index (χ3n) is 7.82. The third-order valence-corrected chi connectivity index (χ3v) is 9.57. The lowest BCUT2D eigenvalue weighted by Gasteiger charge is -2.35. The topological polar surface area (TPSA) is 130 Å². The normalized spacial score (nSPS) is 16.1. The molecule has 0 unspecified atom stereocenters. The number of anilines is 2. The Morgan fingerprint density at radius 2 is 1.84 bits per heavy atom. The van der Waals surface area contributed by atoms with Crippen LogP contribution >= 0.6 is 0 Å². The predicted molar refractivity (Wildman–Crippen MR) is 162 cm³/mol. The Morgan fingerprint density at radius 3 is 2.55 bits per heavy atom. The van der Waals surface area contributed by atoms with E-state index in [-0.39, 0.29) is 75.8 Å². The van der Waals surface area contributed by atoms with Crippen LogP contribution in [0.4, 0.5) is 20.3 Å². The number of piperazine rings is 1. The summed E-state index contributed by atoms with van der Waals surface area (Å²) in [6.07, 6.45) is 2.59. The monoisotopic (exact) mass is 621 g/mol. The van der Waals surface area contributed by atoms with E-state index in [1.165, 1.54) is 30.5 Å². The quantitative estimate of drug-likeness (QED) is 0.343. The van der Waals surface area contributed by atoms with Crippen molar-refractivity contribution in [3.05, 3.63) is 77.0 Å². The summed E-state index contributed by atoms with van der Waals surface area (Å²) >= 11 is 0. The number of rotatable bonds is 3. The standard InChI is InChI=1S/C30H29F2N7O4S/c1-4-23(40)37-11-13-38(14-12-37)28-18-16-20(32)26-24-19(31)6-5-7-21(24)33-10-15-44(42,43)22-8-9-34-25(17(2)3)27(22)39(29(18)35-26)30(41)36-28/h4-9,16-17,33H,1,10-15H2,2-3H3. The average Bonchev–Trinajstić information content (AvgIpc) is 3.00. The number of nitrogens with zero attached hydrogens (tertiary/aromatic N) is 6. The number of nitrogens with one attached hydrogen (secondary N) is 1. The first-order chi connectivity index (χ1) is 21.0. The molecule has 11 nitrogen and oxygen atoms in total. The Labute approximate surface area is 251 Å². The molecule has 1 fully saturated rings. The summed E-state index contributed by atoms with van der Waals surface area (Å²) in [5.74, 6) is -2.50. The molecule has 2 aliphatic rings. The lowest BCUT2D eigenvalue weighted by atomic mass is 10.1. The first kappa shape index (κ1) is 29.4. The van der Waals surface area contributed by atoms with Gasteiger partial charge in [0.2, 0.25) is 5.91 Å². The highest BCUT2D eigenvalue weighted by Crippen LogP contribution is 2.37. The maximum atomic E-state index is 16.1. The molecule has 1 N–H and O–H groups in total. The van der Waals surface area contributed by atoms with Crippen molar-refractivity contribution in [2.24, 2.45) is 0 Å². The van der Waals surface area contributed by atoms with Crippen LogP contribution in [0.2, 0.25) is 0 Å². The number of carbonyl (C=O) groups is 1. The van der Waals surface area contributed by atoms with Gasteiger partial charge in [-0.15, -0.1) is 0 Å². The highest BCUT2D eigenvalue weighted by atomic mass is 32.2. The van der Waals surface area contributed by atoms with E-state index in [1.807, 2.05) is 0 Å². The summed E-state index contributed by atoms with van der Waals surface area (Å²) < 4.78 is 60.1. The second-order valence-corrected chi connectivity index (χ2v) is 12.9. The fraction of sp³-hybridized carbons (Fsp3) is 0.300. The molecular weight excluding hydrogens is 592 g/mol. The van der Waals surface area contributed by atoms with E-state index >= 15 is 8.78 Å². The molecule has 3 aromatic heterocycles. The SMILES string of the molecule is C=CC(=O)N1CCN(c2nc(=O)n3c4nc(c(F)cc24)-c2c(F)cccc2NCCS(=O)(=O)c2ccnc(C(C)C)c2-3)CC1. The molecule has 14 heteroatoms. The van der Waals surface area contributed by atoms with Crippen LogP contribution in [0.1, 0.15) is 25.5 Å². The second-order valence-electron chi connectivity index (χ2n) is 10.9. The lowest BCUT2D eigenvalue weighted by Crippen LogP contribution is -2.49. The van der Waals surface area contributed by atoms with Crippen molar-refractivity contribution in [3.63, 3.8) is 0 Å². The molecule has 2 aliphatic heterocycles. The smallest absolute Gasteiger partial charge is 0.355 e. The molecule has 1 saturated heterocycles. The van der Waals surface area contributed by atoms with Crippen LogP contribution in [0.15, 0.2) is 58.9 Å². The van der Waals surface area contributed by atoms with Gasteiger partial charge in [-0.1, -0.05) is 26.5 Å². The van der Waals surface area contributed by atoms with E-state index in [1.54, 1.807) is 23.6 Å². The Kier molecular flexibility index (Phi) is 7.40. The molecule has 0 spiro atoms. The number of pyridine rings is 2. The number of benzene rings is 1. The fourth-order valence-electron chi connectivity index (χ4n) is 5.68. The fourth-order valence-corrected chi connectivity index (χ4v) is 7.03. The van der Waals surface area contributed by atoms with Crippen molar-refractivity contribution < 1.29 is 22.0 Å². The van der Waals surface area contributed by atoms with Gasteiger partial charge in [0, 0.05) is 44.6 Å². The molecule has 0 radical (unpaired) electrons. The van der Waals surface area contributed by atoms with Gasteiger partial charge in [0.05, 0.1) is 33.0 Å². The Morgan fingerprint density at radius 1 is 1.09 bits per heavy atom. The number of fused-ring (bicyclic) bond motifs is 5. The first-order valence-corrected chi connectivity index (χ1v) is 15.7. The Hall–Kier alpha value is -4.72. The molecule has 4 aromatic rings. The zero-order valence-electron chi connectivity index (χ0n) is 24.0. The summed E-state index contributed by atoms with van der Waals surface area (Å²) in [4.78, 5) is 42.7. The molecular formula is C30H29F2N7O4S. The number of aromatic nitrogens is 4. The Balaban J connectivity index is 1.72. The highest BCUT2D eigenvalue weighted by Gasteiger charge is 2.31. The van der Waals surface area contributed by atoms with E-state index in [0.717, 1.165) is 16.7 Å². The molecule has 44 heavy (non-hydrogen) atoms. The van der Waals surface area contributed by atoms with Gasteiger partial charge in [-0.3, -0.25) is 9.78 Å². The second kappa shape index (κ2) is 11.1. The van der Waals surface area contributed by atoms with Gasteiger partial charge in [0.25, 0.3) is 0 Å². The van der Waals surface area contributed by atoms with Crippen LogP contribution in [0.5, 0.6) is 0 Å². The minimum atomic E-state index is -4.04. The molecule has 0 aliphatic carbocycles. The van der Waals surface area contributed by atoms with Crippen molar-refractivity contribution >= 4 is 38.3 Å². The summed E-state index contributed by atoms with van der Waals surface area (Å²) in [6, 6.07) is 6.54. The molecule has 0 saturated carbocycles. The van der Waals surface area contributed by atoms with Crippen LogP contribution < -0.4 is 15.9 Å². The van der Waals surface area contributed by atoms with Gasteiger partial charge in [-0.05, 0) is 36.3 Å². The molecule has 1 amide bonds. The Bertz CT molecular complexity index is 2010. The largest absolute Gasteiger partial charge is 0.383 e. The zero-order chi connectivity index (χ0) is 31.3. The molecule has 6 rings (SSSR count). The predicted octanol–water partition coefficient (Wildman–Crippen LogP) is 3.28. The van der Waals surface area contributed by atoms with E-state index < -0.39 is 32.9 Å². The molecule has 2 bridgehead atoms. The number of carbonyl (C=O) groups excluding carboxylic acids is 1. The van der Waals surface area contributed by atoms with E-state index in [4.69, 9.17) is 0 Å². The number of amides is 1. The van der Waals surface area contributed by atoms with Gasteiger partial charge in [0.1, 0.15) is 17.3 Å². The maximum absolute atomic E-state index is 16.1. The number of halogens is 2. The van der Waals surface area contributed by atoms with Gasteiger partial charge >= 0.3 is 5.69 Å². The van der Waals surface area contributed by atoms with Crippen molar-refractivity contribution in [3.8, 4) is 16.9 Å². The number of hydrogen-bond acceptors (Lipinski definition) is 9. The van der Waals surface area contributed by atoms with Gasteiger partial charge in [-0.25, -0.2) is 31.5 Å². The third kappa shape index (κ3) is 4.88. The number of sulfone groups is 1. The summed E-state index contributed by atoms with van der Waals surface area (Å²) in [5.41, 5.74) is -1.11. The molecule has 0 atom stereocenters. The maximum Gasteiger partial charge on any atom is 0.355 e. The van der Waals surface area contributed by atoms with E-state index in [2.05, 4.69) is 26.8 Å². The van der Waals surface area contributed by atoms with Crippen LogP contribution in [-0.4, -0.2) is 77.2 Å². The number of hydrogen-bond donors (Lipinski definition) is 1. The first-order valence-electron chi connectivity index (χ1n) is 14.1. The zero-order valence-corrected chi connectivity index (χ0v) is 24.9. The van der Waals surface area contributed by atoms with Crippen molar-refractivity contribution in [2.75, 3.05) is 48.7 Å². The van der Waals surface area contributed by atoms with Gasteiger partial charge < -0.3 is 15.1 Å². The van der Waals surface area contributed by atoms with Gasteiger partial charge in [-0.2, -0.15) is 4.98 Å². The van der Waals surface area contributed by atoms with Crippen LogP contribution in [0.3, 0.4) is 0 Å². The minimum absolute atomic E-state index is 0.0302. The molecule has 228 valence electrons. The summed E-state index contributed by atoms with van der Waals surface area (Å²) in [7, 11) is -4.04. The van der Waals surface area contributed by atoms with Crippen molar-refractivity contribution in [1.29, 1.82) is 0 Å². The van der Waals surface area contributed by atoms with Crippen LogP contribution in [-0.2, 0) is 14.6 Å².